The summed E-state index contributed by atoms with van der Waals surface area (Å²) >= 11 is 6.22. The topological polar surface area (TPSA) is 40.7 Å². The molecule has 0 saturated carbocycles. The highest BCUT2D eigenvalue weighted by Crippen LogP contribution is 2.23. The van der Waals surface area contributed by atoms with E-state index < -0.39 is 0 Å². The number of nitrogens with one attached hydrogen (secondary N) is 2. The predicted molar refractivity (Wildman–Crippen MR) is 82.8 cm³/mol. The summed E-state index contributed by atoms with van der Waals surface area (Å²) in [7, 11) is 0. The van der Waals surface area contributed by atoms with Crippen molar-refractivity contribution in [1.82, 2.24) is 15.3 Å². The van der Waals surface area contributed by atoms with Crippen LogP contribution in [0.5, 0.6) is 0 Å². The van der Waals surface area contributed by atoms with Crippen molar-refractivity contribution in [3.63, 3.8) is 0 Å². The van der Waals surface area contributed by atoms with Crippen LogP contribution in [0.3, 0.4) is 0 Å². The zero-order chi connectivity index (χ0) is 13.9. The number of fused-ring (bicyclic) bond motifs is 1. The number of hydrogen-bond donors (Lipinski definition) is 2. The Balaban J connectivity index is 1.75. The van der Waals surface area contributed by atoms with E-state index in [1.165, 1.54) is 5.56 Å². The maximum atomic E-state index is 6.22. The van der Waals surface area contributed by atoms with Crippen LogP contribution < -0.4 is 5.32 Å². The molecule has 0 spiro atoms. The minimum absolute atomic E-state index is 0.199. The lowest BCUT2D eigenvalue weighted by Crippen LogP contribution is -2.18. The van der Waals surface area contributed by atoms with Gasteiger partial charge in [0.25, 0.3) is 0 Å². The van der Waals surface area contributed by atoms with Gasteiger partial charge in [-0.05, 0) is 36.2 Å². The van der Waals surface area contributed by atoms with Crippen molar-refractivity contribution in [3.05, 3.63) is 64.9 Å². The number of pyridine rings is 1. The first-order valence-corrected chi connectivity index (χ1v) is 7.02. The van der Waals surface area contributed by atoms with Crippen LogP contribution in [0.2, 0.25) is 5.02 Å². The minimum atomic E-state index is 0.199. The predicted octanol–water partition coefficient (Wildman–Crippen LogP) is 4.07. The van der Waals surface area contributed by atoms with Crippen molar-refractivity contribution in [3.8, 4) is 0 Å². The Morgan fingerprint density at radius 1 is 1.25 bits per heavy atom. The number of rotatable bonds is 4. The molecule has 0 aliphatic rings. The van der Waals surface area contributed by atoms with E-state index >= 15 is 0 Å². The van der Waals surface area contributed by atoms with Gasteiger partial charge in [-0.3, -0.25) is 0 Å². The Kier molecular flexibility index (Phi) is 3.72. The molecule has 2 heterocycles. The molecule has 20 heavy (non-hydrogen) atoms. The number of halogens is 1. The maximum Gasteiger partial charge on any atom is 0.137 e. The van der Waals surface area contributed by atoms with E-state index in [-0.39, 0.29) is 6.04 Å². The van der Waals surface area contributed by atoms with E-state index in [0.717, 1.165) is 28.2 Å². The van der Waals surface area contributed by atoms with Crippen molar-refractivity contribution < 1.29 is 0 Å². The summed E-state index contributed by atoms with van der Waals surface area (Å²) in [6.07, 6.45) is 3.80. The van der Waals surface area contributed by atoms with Crippen LogP contribution in [0.1, 0.15) is 24.1 Å². The van der Waals surface area contributed by atoms with Crippen LogP contribution in [-0.2, 0) is 6.54 Å². The summed E-state index contributed by atoms with van der Waals surface area (Å²) in [6.45, 7) is 2.90. The molecule has 0 bridgehead atoms. The highest BCUT2D eigenvalue weighted by molar-refractivity contribution is 6.31. The number of aromatic amines is 1. The molecule has 0 radical (unpaired) electrons. The first-order valence-electron chi connectivity index (χ1n) is 6.64. The maximum absolute atomic E-state index is 6.22. The molecule has 0 aliphatic heterocycles. The third-order valence-electron chi connectivity index (χ3n) is 3.51. The van der Waals surface area contributed by atoms with E-state index in [2.05, 4.69) is 34.3 Å². The zero-order valence-corrected chi connectivity index (χ0v) is 12.0. The Morgan fingerprint density at radius 3 is 2.95 bits per heavy atom. The average molecular weight is 286 g/mol. The molecule has 0 unspecified atom stereocenters. The number of benzene rings is 1. The lowest BCUT2D eigenvalue weighted by Gasteiger charge is -2.15. The van der Waals surface area contributed by atoms with E-state index in [0.29, 0.717) is 0 Å². The second kappa shape index (κ2) is 5.65. The standard InChI is InChI=1S/C16H16ClN3/c1-11(13-5-2-3-7-15(13)17)19-9-12-10-20-16-14(12)6-4-8-18-16/h2-8,10-11,19H,9H2,1H3,(H,18,20)/t11-/m1/s1. The highest BCUT2D eigenvalue weighted by atomic mass is 35.5. The molecule has 2 N–H and O–H groups in total. The van der Waals surface area contributed by atoms with Crippen molar-refractivity contribution in [1.29, 1.82) is 0 Å². The fourth-order valence-corrected chi connectivity index (χ4v) is 2.66. The number of nitrogens with zero attached hydrogens (tertiary/aromatic N) is 1. The van der Waals surface area contributed by atoms with Gasteiger partial charge in [-0.1, -0.05) is 29.8 Å². The molecule has 1 atom stereocenters. The van der Waals surface area contributed by atoms with Crippen LogP contribution >= 0.6 is 11.6 Å². The van der Waals surface area contributed by atoms with Gasteiger partial charge < -0.3 is 10.3 Å². The molecule has 3 rings (SSSR count). The molecular weight excluding hydrogens is 270 g/mol. The quantitative estimate of drug-likeness (QED) is 0.759. The molecule has 102 valence electrons. The van der Waals surface area contributed by atoms with E-state index in [1.54, 1.807) is 6.20 Å². The molecule has 1 aromatic carbocycles. The summed E-state index contributed by atoms with van der Waals surface area (Å²) in [5, 5.41) is 5.46. The third kappa shape index (κ3) is 2.55. The first-order chi connectivity index (χ1) is 9.75. The van der Waals surface area contributed by atoms with Gasteiger partial charge in [0.2, 0.25) is 0 Å². The summed E-state index contributed by atoms with van der Waals surface area (Å²) in [5.74, 6) is 0. The molecule has 3 aromatic rings. The number of H-pyrrole nitrogens is 1. The van der Waals surface area contributed by atoms with Crippen LogP contribution in [0.25, 0.3) is 11.0 Å². The normalized spacial score (nSPS) is 12.7. The number of aromatic nitrogens is 2. The molecule has 4 heteroatoms. The Morgan fingerprint density at radius 2 is 2.10 bits per heavy atom. The fourth-order valence-electron chi connectivity index (χ4n) is 2.36. The van der Waals surface area contributed by atoms with Gasteiger partial charge in [-0.25, -0.2) is 4.98 Å². The second-order valence-corrected chi connectivity index (χ2v) is 5.24. The van der Waals surface area contributed by atoms with Gasteiger partial charge in [0.15, 0.2) is 0 Å². The van der Waals surface area contributed by atoms with Crippen molar-refractivity contribution in [2.75, 3.05) is 0 Å². The van der Waals surface area contributed by atoms with Crippen molar-refractivity contribution in [2.24, 2.45) is 0 Å². The summed E-state index contributed by atoms with van der Waals surface area (Å²) in [6, 6.07) is 12.2. The lowest BCUT2D eigenvalue weighted by atomic mass is 10.1. The first kappa shape index (κ1) is 13.2. The van der Waals surface area contributed by atoms with E-state index in [1.807, 2.05) is 30.5 Å². The minimum Gasteiger partial charge on any atom is -0.346 e. The Bertz CT molecular complexity index is 720. The van der Waals surface area contributed by atoms with Gasteiger partial charge in [-0.2, -0.15) is 0 Å². The van der Waals surface area contributed by atoms with Crippen LogP contribution in [0, 0.1) is 0 Å². The second-order valence-electron chi connectivity index (χ2n) is 4.84. The van der Waals surface area contributed by atoms with Crippen LogP contribution in [-0.4, -0.2) is 9.97 Å². The molecule has 3 nitrogen and oxygen atoms in total. The third-order valence-corrected chi connectivity index (χ3v) is 3.85. The number of hydrogen-bond acceptors (Lipinski definition) is 2. The summed E-state index contributed by atoms with van der Waals surface area (Å²) in [4.78, 5) is 7.48. The highest BCUT2D eigenvalue weighted by Gasteiger charge is 2.10. The summed E-state index contributed by atoms with van der Waals surface area (Å²) < 4.78 is 0. The van der Waals surface area contributed by atoms with Gasteiger partial charge in [0, 0.05) is 35.4 Å². The van der Waals surface area contributed by atoms with Crippen LogP contribution in [0.15, 0.2) is 48.8 Å². The Labute approximate surface area is 123 Å². The largest absolute Gasteiger partial charge is 0.346 e. The molecule has 0 saturated heterocycles. The van der Waals surface area contributed by atoms with E-state index in [4.69, 9.17) is 11.6 Å². The fraction of sp³-hybridized carbons (Fsp3) is 0.188. The van der Waals surface area contributed by atoms with Crippen molar-refractivity contribution >= 4 is 22.6 Å². The SMILES string of the molecule is C[C@@H](NCc1c[nH]c2ncccc12)c1ccccc1Cl. The molecule has 0 fully saturated rings. The van der Waals surface area contributed by atoms with Crippen LogP contribution in [0.4, 0.5) is 0 Å². The van der Waals surface area contributed by atoms with Gasteiger partial charge >= 0.3 is 0 Å². The molecular formula is C16H16ClN3. The smallest absolute Gasteiger partial charge is 0.137 e. The molecule has 0 amide bonds. The van der Waals surface area contributed by atoms with Gasteiger partial charge in [-0.15, -0.1) is 0 Å². The summed E-state index contributed by atoms with van der Waals surface area (Å²) in [5.41, 5.74) is 3.26. The van der Waals surface area contributed by atoms with Crippen molar-refractivity contribution in [2.45, 2.75) is 19.5 Å². The Hall–Kier alpha value is -1.84. The average Bonchev–Trinajstić information content (AvgIpc) is 2.88. The molecule has 0 aliphatic carbocycles. The lowest BCUT2D eigenvalue weighted by molar-refractivity contribution is 0.576. The van der Waals surface area contributed by atoms with Gasteiger partial charge in [0.1, 0.15) is 5.65 Å². The van der Waals surface area contributed by atoms with Gasteiger partial charge in [0.05, 0.1) is 0 Å². The monoisotopic (exact) mass is 285 g/mol. The zero-order valence-electron chi connectivity index (χ0n) is 11.2. The molecule has 2 aromatic heterocycles. The van der Waals surface area contributed by atoms with E-state index in [9.17, 15) is 0 Å².